The third-order valence-electron chi connectivity index (χ3n) is 3.43. The number of fused-ring (bicyclic) bond motifs is 1. The van der Waals surface area contributed by atoms with E-state index in [1.165, 1.54) is 35.9 Å². The van der Waals surface area contributed by atoms with Crippen LogP contribution < -0.4 is 0 Å². The molecule has 1 heterocycles. The maximum atomic E-state index is 4.76. The lowest BCUT2D eigenvalue weighted by Gasteiger charge is -2.07. The molecule has 0 radical (unpaired) electrons. The van der Waals surface area contributed by atoms with Crippen LogP contribution in [0.4, 0.5) is 0 Å². The molecule has 0 unspecified atom stereocenters. The molecule has 3 rings (SSSR count). The largest absolute Gasteiger partial charge is 0.253 e. The van der Waals surface area contributed by atoms with E-state index in [0.29, 0.717) is 0 Å². The van der Waals surface area contributed by atoms with Crippen molar-refractivity contribution in [3.05, 3.63) is 41.6 Å². The summed E-state index contributed by atoms with van der Waals surface area (Å²) in [4.78, 5) is 4.76. The lowest BCUT2D eigenvalue weighted by Crippen LogP contribution is -1.96. The zero-order valence-corrected chi connectivity index (χ0v) is 9.74. The molecule has 1 aliphatic rings. The van der Waals surface area contributed by atoms with Crippen LogP contribution in [0.1, 0.15) is 31.0 Å². The standard InChI is InChI=1S/C15H17N/c1-2-12-10-13(9-11-7-8-11)16-15-6-4-3-5-14(12)15/h3-6,10-11H,2,7-9H2,1H3. The number of hydrogen-bond acceptors (Lipinski definition) is 1. The second-order valence-corrected chi connectivity index (χ2v) is 4.79. The van der Waals surface area contributed by atoms with E-state index >= 15 is 0 Å². The van der Waals surface area contributed by atoms with Gasteiger partial charge in [0.15, 0.2) is 0 Å². The zero-order chi connectivity index (χ0) is 11.0. The second-order valence-electron chi connectivity index (χ2n) is 4.79. The van der Waals surface area contributed by atoms with Crippen LogP contribution in [0.15, 0.2) is 30.3 Å². The van der Waals surface area contributed by atoms with Crippen LogP contribution >= 0.6 is 0 Å². The van der Waals surface area contributed by atoms with Gasteiger partial charge in [0.05, 0.1) is 5.52 Å². The van der Waals surface area contributed by atoms with E-state index in [2.05, 4.69) is 37.3 Å². The van der Waals surface area contributed by atoms with Gasteiger partial charge in [-0.15, -0.1) is 0 Å². The van der Waals surface area contributed by atoms with E-state index < -0.39 is 0 Å². The highest BCUT2D eigenvalue weighted by Crippen LogP contribution is 2.33. The maximum Gasteiger partial charge on any atom is 0.0708 e. The molecule has 1 aliphatic carbocycles. The Labute approximate surface area is 96.5 Å². The number of nitrogens with zero attached hydrogens (tertiary/aromatic N) is 1. The van der Waals surface area contributed by atoms with Gasteiger partial charge >= 0.3 is 0 Å². The zero-order valence-electron chi connectivity index (χ0n) is 9.74. The molecule has 1 aromatic heterocycles. The summed E-state index contributed by atoms with van der Waals surface area (Å²) in [5, 5.41) is 1.32. The van der Waals surface area contributed by atoms with Gasteiger partial charge in [-0.2, -0.15) is 0 Å². The molecule has 1 aromatic carbocycles. The smallest absolute Gasteiger partial charge is 0.0708 e. The molecule has 0 amide bonds. The Morgan fingerprint density at radius 3 is 2.81 bits per heavy atom. The maximum absolute atomic E-state index is 4.76. The number of hydrogen-bond donors (Lipinski definition) is 0. The topological polar surface area (TPSA) is 12.9 Å². The first-order valence-electron chi connectivity index (χ1n) is 6.24. The minimum absolute atomic E-state index is 0.915. The lowest BCUT2D eigenvalue weighted by molar-refractivity contribution is 0.806. The molecule has 2 aromatic rings. The fourth-order valence-corrected chi connectivity index (χ4v) is 2.32. The first-order chi connectivity index (χ1) is 7.86. The van der Waals surface area contributed by atoms with E-state index in [9.17, 15) is 0 Å². The quantitative estimate of drug-likeness (QED) is 0.753. The van der Waals surface area contributed by atoms with Gasteiger partial charge in [0.25, 0.3) is 0 Å². The lowest BCUT2D eigenvalue weighted by atomic mass is 10.0. The summed E-state index contributed by atoms with van der Waals surface area (Å²) in [6, 6.07) is 10.8. The van der Waals surface area contributed by atoms with Gasteiger partial charge in [-0.25, -0.2) is 0 Å². The number of benzene rings is 1. The molecule has 0 spiro atoms. The van der Waals surface area contributed by atoms with Crippen molar-refractivity contribution in [1.82, 2.24) is 4.98 Å². The van der Waals surface area contributed by atoms with Crippen molar-refractivity contribution < 1.29 is 0 Å². The van der Waals surface area contributed by atoms with Crippen LogP contribution in [0, 0.1) is 5.92 Å². The Kier molecular flexibility index (Phi) is 2.39. The van der Waals surface area contributed by atoms with Gasteiger partial charge in [0.2, 0.25) is 0 Å². The Balaban J connectivity index is 2.09. The predicted molar refractivity (Wildman–Crippen MR) is 67.5 cm³/mol. The van der Waals surface area contributed by atoms with Crippen molar-refractivity contribution in [2.45, 2.75) is 32.6 Å². The van der Waals surface area contributed by atoms with Crippen molar-refractivity contribution >= 4 is 10.9 Å². The first kappa shape index (κ1) is 9.83. The second kappa shape index (κ2) is 3.89. The molecule has 1 fully saturated rings. The minimum atomic E-state index is 0.915. The van der Waals surface area contributed by atoms with Crippen LogP contribution in [-0.2, 0) is 12.8 Å². The molecule has 82 valence electrons. The summed E-state index contributed by atoms with van der Waals surface area (Å²) < 4.78 is 0. The Hall–Kier alpha value is -1.37. The van der Waals surface area contributed by atoms with Gasteiger partial charge in [-0.3, -0.25) is 4.98 Å². The molecular weight excluding hydrogens is 194 g/mol. The summed E-state index contributed by atoms with van der Waals surface area (Å²) in [7, 11) is 0. The van der Waals surface area contributed by atoms with Crippen molar-refractivity contribution in [2.24, 2.45) is 5.92 Å². The summed E-state index contributed by atoms with van der Waals surface area (Å²) >= 11 is 0. The summed E-state index contributed by atoms with van der Waals surface area (Å²) in [5.41, 5.74) is 3.90. The van der Waals surface area contributed by atoms with Crippen LogP contribution in [0.5, 0.6) is 0 Å². The van der Waals surface area contributed by atoms with E-state index in [4.69, 9.17) is 4.98 Å². The summed E-state index contributed by atoms with van der Waals surface area (Å²) in [5.74, 6) is 0.915. The number of aryl methyl sites for hydroxylation is 1. The molecule has 1 saturated carbocycles. The van der Waals surface area contributed by atoms with Gasteiger partial charge in [0, 0.05) is 11.1 Å². The fourth-order valence-electron chi connectivity index (χ4n) is 2.32. The summed E-state index contributed by atoms with van der Waals surface area (Å²) in [6.45, 7) is 2.22. The highest BCUT2D eigenvalue weighted by Gasteiger charge is 2.22. The Morgan fingerprint density at radius 2 is 2.06 bits per heavy atom. The van der Waals surface area contributed by atoms with Crippen LogP contribution in [0.2, 0.25) is 0 Å². The monoisotopic (exact) mass is 211 g/mol. The van der Waals surface area contributed by atoms with Crippen molar-refractivity contribution in [3.8, 4) is 0 Å². The molecule has 16 heavy (non-hydrogen) atoms. The van der Waals surface area contributed by atoms with Gasteiger partial charge < -0.3 is 0 Å². The van der Waals surface area contributed by atoms with Crippen LogP contribution in [-0.4, -0.2) is 4.98 Å². The van der Waals surface area contributed by atoms with Crippen molar-refractivity contribution in [3.63, 3.8) is 0 Å². The van der Waals surface area contributed by atoms with E-state index in [-0.39, 0.29) is 0 Å². The predicted octanol–water partition coefficient (Wildman–Crippen LogP) is 3.75. The SMILES string of the molecule is CCc1cc(CC2CC2)nc2ccccc12. The number of pyridine rings is 1. The highest BCUT2D eigenvalue weighted by atomic mass is 14.7. The van der Waals surface area contributed by atoms with Crippen molar-refractivity contribution in [1.29, 1.82) is 0 Å². The average Bonchev–Trinajstić information content (AvgIpc) is 3.12. The number of rotatable bonds is 3. The molecule has 1 heteroatoms. The molecule has 0 N–H and O–H groups in total. The van der Waals surface area contributed by atoms with Gasteiger partial charge in [0.1, 0.15) is 0 Å². The van der Waals surface area contributed by atoms with Gasteiger partial charge in [-0.1, -0.05) is 25.1 Å². The van der Waals surface area contributed by atoms with E-state index in [1.807, 2.05) is 0 Å². The highest BCUT2D eigenvalue weighted by molar-refractivity contribution is 5.82. The van der Waals surface area contributed by atoms with Crippen molar-refractivity contribution in [2.75, 3.05) is 0 Å². The first-order valence-corrected chi connectivity index (χ1v) is 6.24. The third kappa shape index (κ3) is 1.82. The van der Waals surface area contributed by atoms with Gasteiger partial charge in [-0.05, 0) is 49.3 Å². The average molecular weight is 211 g/mol. The van der Waals surface area contributed by atoms with E-state index in [0.717, 1.165) is 17.9 Å². The van der Waals surface area contributed by atoms with Crippen LogP contribution in [0.25, 0.3) is 10.9 Å². The van der Waals surface area contributed by atoms with E-state index in [1.54, 1.807) is 0 Å². The Morgan fingerprint density at radius 1 is 1.25 bits per heavy atom. The molecular formula is C15H17N. The molecule has 1 nitrogen and oxygen atoms in total. The summed E-state index contributed by atoms with van der Waals surface area (Å²) in [6.07, 6.45) is 5.07. The Bertz CT molecular complexity index is 512. The fraction of sp³-hybridized carbons (Fsp3) is 0.400. The number of aromatic nitrogens is 1. The minimum Gasteiger partial charge on any atom is -0.253 e. The van der Waals surface area contributed by atoms with Crippen LogP contribution in [0.3, 0.4) is 0 Å². The normalized spacial score (nSPS) is 15.6. The molecule has 0 atom stereocenters. The molecule has 0 aliphatic heterocycles. The molecule has 0 bridgehead atoms. The number of para-hydroxylation sites is 1. The third-order valence-corrected chi connectivity index (χ3v) is 3.43. The molecule has 0 saturated heterocycles.